The molecule has 0 bridgehead atoms. The number of rotatable bonds is 9. The van der Waals surface area contributed by atoms with E-state index in [2.05, 4.69) is 37.9 Å². The van der Waals surface area contributed by atoms with Gasteiger partial charge in [0.15, 0.2) is 5.06 Å². The van der Waals surface area contributed by atoms with Crippen molar-refractivity contribution in [3.05, 3.63) is 71.2 Å². The van der Waals surface area contributed by atoms with Crippen LogP contribution in [0.25, 0.3) is 0 Å². The van der Waals surface area contributed by atoms with Gasteiger partial charge in [-0.2, -0.15) is 0 Å². The van der Waals surface area contributed by atoms with Crippen molar-refractivity contribution in [3.63, 3.8) is 0 Å². The molecule has 3 aromatic rings. The second kappa shape index (κ2) is 11.6. The van der Waals surface area contributed by atoms with Crippen molar-refractivity contribution >= 4 is 34.8 Å². The van der Waals surface area contributed by atoms with Crippen LogP contribution in [-0.4, -0.2) is 68.8 Å². The summed E-state index contributed by atoms with van der Waals surface area (Å²) in [6.45, 7) is 9.78. The predicted octanol–water partition coefficient (Wildman–Crippen LogP) is 5.55. The number of likely N-dealkylation sites (tertiary alicyclic amines) is 1. The number of amides is 2. The number of piperidine rings is 1. The largest absolute Gasteiger partial charge is 0.420 e. The van der Waals surface area contributed by atoms with Crippen LogP contribution in [0.15, 0.2) is 60.1 Å². The lowest BCUT2D eigenvalue weighted by Gasteiger charge is -2.25. The molecule has 9 heteroatoms. The Morgan fingerprint density at radius 1 is 1.07 bits per heavy atom. The van der Waals surface area contributed by atoms with E-state index in [9.17, 15) is 9.59 Å². The SMILES string of the molecule is COCCN(C)c1ccc(N(CC2C3CN(C(=O)c4ccc(C(C)(C)C)cc4)CC32)C(=O)Oc2cccs2)cn1. The number of thiophene rings is 1. The van der Waals surface area contributed by atoms with Gasteiger partial charge in [0.25, 0.3) is 5.91 Å². The standard InChI is InChI=1S/C31H38N4O4S/c1-31(2,3)22-10-8-21(9-11-22)29(36)34-18-24-25(19-34)26(24)20-35(30(37)39-28-7-6-16-40-28)23-12-13-27(32-17-23)33(4)14-15-38-5/h6-13,16-17,24-26H,14-15,18-20H2,1-5H3. The fraction of sp³-hybridized carbons (Fsp3) is 0.452. The van der Waals surface area contributed by atoms with Crippen molar-refractivity contribution < 1.29 is 19.1 Å². The van der Waals surface area contributed by atoms with Gasteiger partial charge in [0, 0.05) is 45.9 Å². The van der Waals surface area contributed by atoms with Gasteiger partial charge < -0.3 is 19.3 Å². The fourth-order valence-corrected chi connectivity index (χ4v) is 6.01. The molecule has 3 heterocycles. The van der Waals surface area contributed by atoms with Crippen molar-refractivity contribution in [2.24, 2.45) is 17.8 Å². The molecule has 40 heavy (non-hydrogen) atoms. The van der Waals surface area contributed by atoms with E-state index < -0.39 is 6.09 Å². The number of ether oxygens (including phenoxy) is 2. The van der Waals surface area contributed by atoms with Crippen molar-refractivity contribution in [1.82, 2.24) is 9.88 Å². The Hall–Kier alpha value is -3.43. The average molecular weight is 563 g/mol. The smallest absolute Gasteiger partial charge is 0.399 e. The number of fused-ring (bicyclic) bond motifs is 1. The molecule has 0 radical (unpaired) electrons. The number of hydrogen-bond acceptors (Lipinski definition) is 7. The predicted molar refractivity (Wildman–Crippen MR) is 159 cm³/mol. The summed E-state index contributed by atoms with van der Waals surface area (Å²) in [6, 6.07) is 15.5. The lowest BCUT2D eigenvalue weighted by Crippen LogP contribution is -2.38. The molecule has 8 nitrogen and oxygen atoms in total. The molecule has 1 saturated heterocycles. The van der Waals surface area contributed by atoms with E-state index in [1.54, 1.807) is 24.3 Å². The minimum Gasteiger partial charge on any atom is -0.399 e. The maximum Gasteiger partial charge on any atom is 0.420 e. The van der Waals surface area contributed by atoms with Crippen molar-refractivity contribution in [1.29, 1.82) is 0 Å². The topological polar surface area (TPSA) is 75.2 Å². The number of carbonyl (C=O) groups excluding carboxylic acids is 2. The molecule has 1 aliphatic heterocycles. The molecule has 2 aliphatic rings. The Morgan fingerprint density at radius 2 is 1.80 bits per heavy atom. The molecule has 1 saturated carbocycles. The summed E-state index contributed by atoms with van der Waals surface area (Å²) in [5.74, 6) is 1.95. The van der Waals surface area contributed by atoms with E-state index in [1.807, 2.05) is 52.6 Å². The summed E-state index contributed by atoms with van der Waals surface area (Å²) in [5.41, 5.74) is 2.69. The molecule has 5 rings (SSSR count). The fourth-order valence-electron chi connectivity index (χ4n) is 5.45. The van der Waals surface area contributed by atoms with Crippen LogP contribution in [0.5, 0.6) is 5.06 Å². The van der Waals surface area contributed by atoms with Crippen molar-refractivity contribution in [2.45, 2.75) is 26.2 Å². The number of hydrogen-bond donors (Lipinski definition) is 0. The van der Waals surface area contributed by atoms with Crippen LogP contribution in [-0.2, 0) is 10.2 Å². The summed E-state index contributed by atoms with van der Waals surface area (Å²) >= 11 is 1.38. The highest BCUT2D eigenvalue weighted by atomic mass is 32.1. The molecule has 1 aliphatic carbocycles. The summed E-state index contributed by atoms with van der Waals surface area (Å²) in [5, 5.41) is 2.44. The Labute approximate surface area is 240 Å². The van der Waals surface area contributed by atoms with Crippen LogP contribution in [0.4, 0.5) is 16.3 Å². The molecular weight excluding hydrogens is 524 g/mol. The van der Waals surface area contributed by atoms with Gasteiger partial charge in [0.05, 0.1) is 18.5 Å². The van der Waals surface area contributed by atoms with E-state index in [0.717, 1.165) is 11.4 Å². The third-order valence-corrected chi connectivity index (χ3v) is 8.76. The van der Waals surface area contributed by atoms with Gasteiger partial charge in [0.1, 0.15) is 5.82 Å². The third kappa shape index (κ3) is 6.15. The third-order valence-electron chi connectivity index (χ3n) is 8.02. The lowest BCUT2D eigenvalue weighted by atomic mass is 9.86. The Bertz CT molecular complexity index is 1290. The number of benzene rings is 1. The van der Waals surface area contributed by atoms with Crippen LogP contribution < -0.4 is 14.5 Å². The van der Waals surface area contributed by atoms with E-state index >= 15 is 0 Å². The van der Waals surface area contributed by atoms with Gasteiger partial charge in [-0.3, -0.25) is 9.69 Å². The zero-order valence-corrected chi connectivity index (χ0v) is 24.7. The minimum atomic E-state index is -0.415. The summed E-state index contributed by atoms with van der Waals surface area (Å²) in [6.07, 6.45) is 1.31. The summed E-state index contributed by atoms with van der Waals surface area (Å²) in [4.78, 5) is 36.7. The molecule has 0 spiro atoms. The summed E-state index contributed by atoms with van der Waals surface area (Å²) < 4.78 is 10.9. The number of anilines is 2. The molecule has 2 amide bonds. The second-order valence-corrected chi connectivity index (χ2v) is 12.6. The first-order valence-electron chi connectivity index (χ1n) is 13.7. The first kappa shape index (κ1) is 28.1. The van der Waals surface area contributed by atoms with Gasteiger partial charge in [-0.05, 0) is 70.5 Å². The van der Waals surface area contributed by atoms with E-state index in [1.165, 1.54) is 16.9 Å². The number of pyridine rings is 1. The number of aromatic nitrogens is 1. The number of likely N-dealkylation sites (N-methyl/N-ethyl adjacent to an activating group) is 1. The van der Waals surface area contributed by atoms with Crippen molar-refractivity contribution in [2.75, 3.05) is 56.7 Å². The van der Waals surface area contributed by atoms with Crippen LogP contribution in [0.1, 0.15) is 36.7 Å². The lowest BCUT2D eigenvalue weighted by molar-refractivity contribution is 0.0768. The van der Waals surface area contributed by atoms with Gasteiger partial charge in [-0.15, -0.1) is 11.3 Å². The maximum absolute atomic E-state index is 13.3. The first-order valence-corrected chi connectivity index (χ1v) is 14.6. The van der Waals surface area contributed by atoms with Gasteiger partial charge >= 0.3 is 6.09 Å². The molecule has 2 unspecified atom stereocenters. The Balaban J connectivity index is 1.24. The molecule has 1 aromatic carbocycles. The Kier molecular flexibility index (Phi) is 8.14. The Morgan fingerprint density at radius 3 is 2.38 bits per heavy atom. The zero-order chi connectivity index (χ0) is 28.4. The van der Waals surface area contributed by atoms with E-state index in [4.69, 9.17) is 9.47 Å². The molecule has 2 fully saturated rings. The van der Waals surface area contributed by atoms with Crippen molar-refractivity contribution in [3.8, 4) is 5.06 Å². The minimum absolute atomic E-state index is 0.0520. The van der Waals surface area contributed by atoms with Crippen LogP contribution in [0.3, 0.4) is 0 Å². The highest BCUT2D eigenvalue weighted by Gasteiger charge is 2.57. The zero-order valence-electron chi connectivity index (χ0n) is 23.9. The van der Waals surface area contributed by atoms with Gasteiger partial charge in [-0.1, -0.05) is 32.9 Å². The highest BCUT2D eigenvalue weighted by molar-refractivity contribution is 7.11. The second-order valence-electron chi connectivity index (χ2n) is 11.7. The first-order chi connectivity index (χ1) is 19.2. The average Bonchev–Trinajstić information content (AvgIpc) is 3.30. The van der Waals surface area contributed by atoms with Gasteiger partial charge in [0.2, 0.25) is 0 Å². The molecular formula is C31H38N4O4S. The van der Waals surface area contributed by atoms with Crippen LogP contribution >= 0.6 is 11.3 Å². The quantitative estimate of drug-likeness (QED) is 0.341. The normalized spacial score (nSPS) is 19.7. The number of nitrogens with zero attached hydrogens (tertiary/aromatic N) is 4. The number of carbonyl (C=O) groups is 2. The molecule has 0 N–H and O–H groups in total. The number of methoxy groups -OCH3 is 1. The van der Waals surface area contributed by atoms with E-state index in [0.29, 0.717) is 61.3 Å². The van der Waals surface area contributed by atoms with Crippen LogP contribution in [0, 0.1) is 17.8 Å². The molecule has 2 atom stereocenters. The highest BCUT2D eigenvalue weighted by Crippen LogP contribution is 2.52. The molecule has 2 aromatic heterocycles. The van der Waals surface area contributed by atoms with Gasteiger partial charge in [-0.25, -0.2) is 9.78 Å². The maximum atomic E-state index is 13.3. The summed E-state index contributed by atoms with van der Waals surface area (Å²) in [7, 11) is 3.63. The van der Waals surface area contributed by atoms with Crippen LogP contribution in [0.2, 0.25) is 0 Å². The molecule has 212 valence electrons. The monoisotopic (exact) mass is 562 g/mol. The van der Waals surface area contributed by atoms with E-state index in [-0.39, 0.29) is 11.3 Å².